The summed E-state index contributed by atoms with van der Waals surface area (Å²) in [4.78, 5) is 25.0. The lowest BCUT2D eigenvalue weighted by atomic mass is 9.99. The van der Waals surface area contributed by atoms with Gasteiger partial charge in [-0.25, -0.2) is 8.42 Å². The number of ether oxygens (including phenoxy) is 1. The van der Waals surface area contributed by atoms with Crippen LogP contribution in [0.4, 0.5) is 5.69 Å². The van der Waals surface area contributed by atoms with Gasteiger partial charge in [-0.2, -0.15) is 0 Å². The fourth-order valence-electron chi connectivity index (χ4n) is 4.86. The monoisotopic (exact) mass is 526 g/mol. The zero-order chi connectivity index (χ0) is 26.6. The fourth-order valence-corrected chi connectivity index (χ4v) is 6.00. The predicted molar refractivity (Wildman–Crippen MR) is 144 cm³/mol. The summed E-state index contributed by atoms with van der Waals surface area (Å²) >= 11 is 0. The van der Waals surface area contributed by atoms with Crippen molar-refractivity contribution in [2.45, 2.75) is 45.4 Å². The quantitative estimate of drug-likeness (QED) is 0.372. The number of hydrogen-bond donors (Lipinski definition) is 2. The van der Waals surface area contributed by atoms with Crippen molar-refractivity contribution in [3.8, 4) is 0 Å². The molecular formula is C27H34N4O5S. The van der Waals surface area contributed by atoms with E-state index in [1.165, 1.54) is 11.4 Å². The number of carbonyl (C=O) groups is 2. The van der Waals surface area contributed by atoms with Crippen LogP contribution in [0.3, 0.4) is 0 Å². The molecule has 1 amide bonds. The molecule has 10 heteroatoms. The second-order valence-corrected chi connectivity index (χ2v) is 11.3. The lowest BCUT2D eigenvalue weighted by Crippen LogP contribution is -2.50. The van der Waals surface area contributed by atoms with E-state index >= 15 is 0 Å². The molecule has 9 nitrogen and oxygen atoms in total. The van der Waals surface area contributed by atoms with Gasteiger partial charge < -0.3 is 19.9 Å². The minimum absolute atomic E-state index is 0.0130. The molecule has 4 rings (SSSR count). The van der Waals surface area contributed by atoms with Crippen molar-refractivity contribution in [3.05, 3.63) is 65.4 Å². The highest BCUT2D eigenvalue weighted by Gasteiger charge is 2.30. The molecule has 0 radical (unpaired) electrons. The summed E-state index contributed by atoms with van der Waals surface area (Å²) in [5, 5.41) is 7.12. The highest BCUT2D eigenvalue weighted by atomic mass is 32.2. The van der Waals surface area contributed by atoms with Crippen LogP contribution < -0.4 is 14.9 Å². The third-order valence-electron chi connectivity index (χ3n) is 6.91. The molecule has 3 aromatic rings. The van der Waals surface area contributed by atoms with Crippen LogP contribution in [0, 0.1) is 0 Å². The molecule has 198 valence electrons. The number of rotatable bonds is 11. The number of nitrogens with zero attached hydrogens (tertiary/aromatic N) is 2. The van der Waals surface area contributed by atoms with Crippen molar-refractivity contribution < 1.29 is 22.7 Å². The SMILES string of the molecule is CCNC[C@@H](OC=O)[C@H](Cc1ccccc1)NC(=O)c1cc2c3c(c1)c(CC)cn3CCS(=O)(=O)N2C. The van der Waals surface area contributed by atoms with E-state index in [0.717, 1.165) is 28.5 Å². The largest absolute Gasteiger partial charge is 0.461 e. The standard InChI is InChI=1S/C27H34N4O5S/c1-4-20-17-31-11-12-37(34,35)30(3)24-15-21(14-22(20)26(24)31)27(33)29-23(13-19-9-7-6-8-10-19)25(36-18-32)16-28-5-2/h6-10,14-15,17-18,23,25,28H,4-5,11-13,16H2,1-3H3,(H,29,33)/t23-,25+/m0/s1. The van der Waals surface area contributed by atoms with Gasteiger partial charge in [0.25, 0.3) is 12.4 Å². The van der Waals surface area contributed by atoms with Gasteiger partial charge in [0.1, 0.15) is 6.10 Å². The van der Waals surface area contributed by atoms with E-state index in [1.807, 2.05) is 61.0 Å². The Kier molecular flexibility index (Phi) is 8.19. The molecule has 2 heterocycles. The molecular weight excluding hydrogens is 492 g/mol. The maximum absolute atomic E-state index is 13.7. The Balaban J connectivity index is 1.74. The smallest absolute Gasteiger partial charge is 0.293 e. The minimum atomic E-state index is -3.52. The number of benzene rings is 2. The average molecular weight is 527 g/mol. The molecule has 0 aliphatic carbocycles. The molecule has 37 heavy (non-hydrogen) atoms. The highest BCUT2D eigenvalue weighted by Crippen LogP contribution is 2.35. The Morgan fingerprint density at radius 1 is 1.19 bits per heavy atom. The summed E-state index contributed by atoms with van der Waals surface area (Å²) < 4.78 is 34.3. The van der Waals surface area contributed by atoms with Crippen molar-refractivity contribution in [1.82, 2.24) is 15.2 Å². The summed E-state index contributed by atoms with van der Waals surface area (Å²) in [5.41, 5.74) is 3.68. The van der Waals surface area contributed by atoms with Gasteiger partial charge in [0, 0.05) is 37.3 Å². The fraction of sp³-hybridized carbons (Fsp3) is 0.407. The molecule has 2 N–H and O–H groups in total. The van der Waals surface area contributed by atoms with Crippen LogP contribution in [0.1, 0.15) is 35.3 Å². The number of amides is 1. The van der Waals surface area contributed by atoms with Crippen LogP contribution >= 0.6 is 0 Å². The molecule has 0 saturated carbocycles. The normalized spacial score (nSPS) is 16.1. The number of carbonyl (C=O) groups excluding carboxylic acids is 2. The van der Waals surface area contributed by atoms with Gasteiger partial charge in [0.2, 0.25) is 10.0 Å². The van der Waals surface area contributed by atoms with Gasteiger partial charge in [-0.15, -0.1) is 0 Å². The van der Waals surface area contributed by atoms with E-state index in [-0.39, 0.29) is 11.7 Å². The third-order valence-corrected chi connectivity index (χ3v) is 8.64. The van der Waals surface area contributed by atoms with Gasteiger partial charge in [0.05, 0.1) is 23.0 Å². The lowest BCUT2D eigenvalue weighted by Gasteiger charge is -2.27. The van der Waals surface area contributed by atoms with E-state index in [2.05, 4.69) is 10.6 Å². The second-order valence-electron chi connectivity index (χ2n) is 9.22. The van der Waals surface area contributed by atoms with Crippen LogP contribution in [0.15, 0.2) is 48.7 Å². The molecule has 0 unspecified atom stereocenters. The number of anilines is 1. The van der Waals surface area contributed by atoms with Gasteiger partial charge in [0.15, 0.2) is 0 Å². The molecule has 1 aliphatic rings. The molecule has 0 spiro atoms. The number of sulfonamides is 1. The van der Waals surface area contributed by atoms with Crippen molar-refractivity contribution >= 4 is 39.0 Å². The van der Waals surface area contributed by atoms with Crippen LogP contribution in [0.5, 0.6) is 0 Å². The van der Waals surface area contributed by atoms with E-state index < -0.39 is 22.2 Å². The molecule has 1 aromatic heterocycles. The van der Waals surface area contributed by atoms with Crippen LogP contribution in [-0.4, -0.2) is 63.4 Å². The zero-order valence-electron chi connectivity index (χ0n) is 21.4. The number of aromatic nitrogens is 1. The molecule has 0 saturated heterocycles. The minimum Gasteiger partial charge on any atom is -0.461 e. The van der Waals surface area contributed by atoms with Gasteiger partial charge in [-0.1, -0.05) is 44.2 Å². The maximum atomic E-state index is 13.7. The summed E-state index contributed by atoms with van der Waals surface area (Å²) in [7, 11) is -1.99. The summed E-state index contributed by atoms with van der Waals surface area (Å²) in [6, 6.07) is 12.6. The van der Waals surface area contributed by atoms with Crippen molar-refractivity contribution in [2.24, 2.45) is 0 Å². The Labute approximate surface area is 217 Å². The topological polar surface area (TPSA) is 110 Å². The molecule has 0 bridgehead atoms. The Bertz CT molecular complexity index is 1370. The summed E-state index contributed by atoms with van der Waals surface area (Å²) in [6.07, 6.45) is 2.59. The zero-order valence-corrected chi connectivity index (χ0v) is 22.3. The lowest BCUT2D eigenvalue weighted by molar-refractivity contribution is -0.134. The van der Waals surface area contributed by atoms with Crippen LogP contribution in [0.25, 0.3) is 10.9 Å². The number of likely N-dealkylation sites (N-methyl/N-ethyl adjacent to an activating group) is 1. The van der Waals surface area contributed by atoms with E-state index in [1.54, 1.807) is 6.07 Å². The molecule has 0 fully saturated rings. The third kappa shape index (κ3) is 5.65. The van der Waals surface area contributed by atoms with Crippen molar-refractivity contribution in [2.75, 3.05) is 30.2 Å². The first-order valence-corrected chi connectivity index (χ1v) is 14.2. The maximum Gasteiger partial charge on any atom is 0.293 e. The Hall–Kier alpha value is -3.37. The number of aryl methyl sites for hydroxylation is 2. The predicted octanol–water partition coefficient (Wildman–Crippen LogP) is 2.48. The summed E-state index contributed by atoms with van der Waals surface area (Å²) in [6.45, 7) is 5.81. The Morgan fingerprint density at radius 3 is 2.62 bits per heavy atom. The van der Waals surface area contributed by atoms with Crippen LogP contribution in [0.2, 0.25) is 0 Å². The first-order valence-electron chi connectivity index (χ1n) is 12.6. The van der Waals surface area contributed by atoms with E-state index in [0.29, 0.717) is 43.8 Å². The molecule has 1 aliphatic heterocycles. The second kappa shape index (κ2) is 11.4. The number of hydrogen-bond acceptors (Lipinski definition) is 6. The van der Waals surface area contributed by atoms with Crippen molar-refractivity contribution in [3.63, 3.8) is 0 Å². The van der Waals surface area contributed by atoms with Gasteiger partial charge in [-0.3, -0.25) is 13.9 Å². The van der Waals surface area contributed by atoms with Gasteiger partial charge in [-0.05, 0) is 42.6 Å². The average Bonchev–Trinajstić information content (AvgIpc) is 3.22. The van der Waals surface area contributed by atoms with E-state index in [9.17, 15) is 18.0 Å². The Morgan fingerprint density at radius 2 is 1.95 bits per heavy atom. The van der Waals surface area contributed by atoms with Crippen LogP contribution in [-0.2, 0) is 38.9 Å². The summed E-state index contributed by atoms with van der Waals surface area (Å²) in [5.74, 6) is -0.374. The first kappa shape index (κ1) is 26.7. The van der Waals surface area contributed by atoms with Crippen molar-refractivity contribution in [1.29, 1.82) is 0 Å². The van der Waals surface area contributed by atoms with E-state index in [4.69, 9.17) is 4.74 Å². The van der Waals surface area contributed by atoms with Gasteiger partial charge >= 0.3 is 0 Å². The highest BCUT2D eigenvalue weighted by molar-refractivity contribution is 7.92. The number of nitrogens with one attached hydrogen (secondary N) is 2. The molecule has 2 aromatic carbocycles. The first-order chi connectivity index (χ1) is 17.8. The molecule has 2 atom stereocenters.